The van der Waals surface area contributed by atoms with Gasteiger partial charge in [0.2, 0.25) is 0 Å². The second-order valence-corrected chi connectivity index (χ2v) is 5.88. The Hall–Kier alpha value is -1.80. The first-order valence-electron chi connectivity index (χ1n) is 6.39. The Morgan fingerprint density at radius 2 is 1.63 bits per heavy atom. The van der Waals surface area contributed by atoms with Crippen molar-refractivity contribution in [1.82, 2.24) is 0 Å². The van der Waals surface area contributed by atoms with Crippen LogP contribution >= 0.6 is 11.8 Å². The summed E-state index contributed by atoms with van der Waals surface area (Å²) in [6, 6.07) is 16.8. The third-order valence-electron chi connectivity index (χ3n) is 3.82. The molecule has 0 spiro atoms. The van der Waals surface area contributed by atoms with Gasteiger partial charge in [0.15, 0.2) is 5.78 Å². The van der Waals surface area contributed by atoms with Crippen molar-refractivity contribution in [3.63, 3.8) is 0 Å². The molecule has 0 saturated heterocycles. The van der Waals surface area contributed by atoms with Crippen molar-refractivity contribution in [1.29, 1.82) is 0 Å². The van der Waals surface area contributed by atoms with E-state index in [0.717, 1.165) is 11.3 Å². The molecule has 0 aromatic heterocycles. The van der Waals surface area contributed by atoms with E-state index in [4.69, 9.17) is 0 Å². The van der Waals surface area contributed by atoms with Crippen LogP contribution in [0.2, 0.25) is 0 Å². The molecular weight excluding hydrogens is 252 g/mol. The van der Waals surface area contributed by atoms with Crippen LogP contribution in [0.3, 0.4) is 0 Å². The lowest BCUT2D eigenvalue weighted by Crippen LogP contribution is -2.11. The van der Waals surface area contributed by atoms with Gasteiger partial charge in [-0.2, -0.15) is 0 Å². The molecule has 1 aliphatic rings. The maximum Gasteiger partial charge on any atom is 0.173 e. The SMILES string of the molecule is O=C1CSCc2c1ccc1c2ccc2ccccc21. The van der Waals surface area contributed by atoms with Gasteiger partial charge in [-0.15, -0.1) is 11.8 Å². The fourth-order valence-corrected chi connectivity index (χ4v) is 3.85. The number of ketones is 1. The minimum absolute atomic E-state index is 0.265. The molecule has 0 saturated carbocycles. The van der Waals surface area contributed by atoms with Crippen LogP contribution in [0.1, 0.15) is 15.9 Å². The number of benzene rings is 3. The highest BCUT2D eigenvalue weighted by molar-refractivity contribution is 7.99. The van der Waals surface area contributed by atoms with Gasteiger partial charge in [0, 0.05) is 11.3 Å². The number of thioether (sulfide) groups is 1. The fourth-order valence-electron chi connectivity index (χ4n) is 2.89. The Balaban J connectivity index is 2.16. The minimum Gasteiger partial charge on any atom is -0.293 e. The van der Waals surface area contributed by atoms with Crippen LogP contribution in [0.15, 0.2) is 48.5 Å². The molecule has 4 rings (SSSR count). The molecule has 3 aromatic carbocycles. The van der Waals surface area contributed by atoms with Gasteiger partial charge in [0.1, 0.15) is 0 Å². The number of hydrogen-bond acceptors (Lipinski definition) is 2. The molecule has 0 bridgehead atoms. The monoisotopic (exact) mass is 264 g/mol. The highest BCUT2D eigenvalue weighted by atomic mass is 32.2. The van der Waals surface area contributed by atoms with E-state index in [9.17, 15) is 4.79 Å². The van der Waals surface area contributed by atoms with Gasteiger partial charge in [-0.05, 0) is 27.1 Å². The lowest BCUT2D eigenvalue weighted by molar-refractivity contribution is 0.102. The average molecular weight is 264 g/mol. The summed E-state index contributed by atoms with van der Waals surface area (Å²) in [7, 11) is 0. The number of carbonyl (C=O) groups is 1. The summed E-state index contributed by atoms with van der Waals surface area (Å²) in [4.78, 5) is 12.0. The zero-order valence-corrected chi connectivity index (χ0v) is 11.2. The zero-order chi connectivity index (χ0) is 12.8. The van der Waals surface area contributed by atoms with Gasteiger partial charge in [-0.3, -0.25) is 4.79 Å². The van der Waals surface area contributed by atoms with Crippen molar-refractivity contribution in [2.75, 3.05) is 5.75 Å². The Morgan fingerprint density at radius 3 is 2.58 bits per heavy atom. The van der Waals surface area contributed by atoms with Crippen molar-refractivity contribution in [2.24, 2.45) is 0 Å². The predicted octanol–water partition coefficient (Wildman–Crippen LogP) is 4.42. The van der Waals surface area contributed by atoms with E-state index in [0.29, 0.717) is 5.75 Å². The molecule has 0 radical (unpaired) electrons. The lowest BCUT2D eigenvalue weighted by atomic mass is 9.94. The van der Waals surface area contributed by atoms with Crippen LogP contribution in [0, 0.1) is 0 Å². The molecule has 1 aliphatic heterocycles. The summed E-state index contributed by atoms with van der Waals surface area (Å²) >= 11 is 1.72. The first-order valence-corrected chi connectivity index (χ1v) is 7.54. The van der Waals surface area contributed by atoms with Crippen molar-refractivity contribution in [3.8, 4) is 0 Å². The number of hydrogen-bond donors (Lipinski definition) is 0. The van der Waals surface area contributed by atoms with E-state index in [1.807, 2.05) is 6.07 Å². The maximum atomic E-state index is 12.0. The summed E-state index contributed by atoms with van der Waals surface area (Å²) in [6.07, 6.45) is 0. The third-order valence-corrected chi connectivity index (χ3v) is 4.78. The second-order valence-electron chi connectivity index (χ2n) is 4.89. The lowest BCUT2D eigenvalue weighted by Gasteiger charge is -2.17. The van der Waals surface area contributed by atoms with Crippen molar-refractivity contribution in [3.05, 3.63) is 59.7 Å². The highest BCUT2D eigenvalue weighted by Crippen LogP contribution is 2.34. The molecule has 2 heteroatoms. The van der Waals surface area contributed by atoms with Crippen molar-refractivity contribution >= 4 is 39.1 Å². The van der Waals surface area contributed by atoms with Crippen LogP contribution in [0.25, 0.3) is 21.5 Å². The maximum absolute atomic E-state index is 12.0. The quantitative estimate of drug-likeness (QED) is 0.559. The summed E-state index contributed by atoms with van der Waals surface area (Å²) in [5, 5.41) is 5.01. The van der Waals surface area contributed by atoms with Gasteiger partial charge in [-0.25, -0.2) is 0 Å². The normalized spacial score (nSPS) is 14.8. The standard InChI is InChI=1S/C17H12OS/c18-17-10-19-9-16-14-6-5-11-3-1-2-4-12(11)13(14)7-8-15(16)17/h1-8H,9-10H2. The molecule has 0 atom stereocenters. The molecule has 0 fully saturated rings. The number of Topliss-reactive ketones (excluding diaryl/α,β-unsaturated/α-hetero) is 1. The molecule has 0 amide bonds. The fraction of sp³-hybridized carbons (Fsp3) is 0.118. The summed E-state index contributed by atoms with van der Waals surface area (Å²) in [6.45, 7) is 0. The van der Waals surface area contributed by atoms with Crippen LogP contribution in [0.5, 0.6) is 0 Å². The van der Waals surface area contributed by atoms with Crippen LogP contribution < -0.4 is 0 Å². The minimum atomic E-state index is 0.265. The summed E-state index contributed by atoms with van der Waals surface area (Å²) in [5.74, 6) is 1.82. The zero-order valence-electron chi connectivity index (χ0n) is 10.3. The van der Waals surface area contributed by atoms with Gasteiger partial charge >= 0.3 is 0 Å². The number of fused-ring (bicyclic) bond motifs is 5. The van der Waals surface area contributed by atoms with Crippen molar-refractivity contribution < 1.29 is 4.79 Å². The van der Waals surface area contributed by atoms with Crippen LogP contribution in [0.4, 0.5) is 0 Å². The topological polar surface area (TPSA) is 17.1 Å². The third kappa shape index (κ3) is 1.60. The van der Waals surface area contributed by atoms with Gasteiger partial charge in [0.05, 0.1) is 5.75 Å². The van der Waals surface area contributed by atoms with E-state index in [2.05, 4.69) is 42.5 Å². The Morgan fingerprint density at radius 1 is 0.789 bits per heavy atom. The Kier molecular flexibility index (Phi) is 2.39. The van der Waals surface area contributed by atoms with Crippen LogP contribution in [-0.2, 0) is 5.75 Å². The molecule has 0 unspecified atom stereocenters. The number of carbonyl (C=O) groups excluding carboxylic acids is 1. The summed E-state index contributed by atoms with van der Waals surface area (Å²) in [5.41, 5.74) is 2.13. The molecule has 0 N–H and O–H groups in total. The van der Waals surface area contributed by atoms with Gasteiger partial charge in [0.25, 0.3) is 0 Å². The van der Waals surface area contributed by atoms with E-state index in [1.165, 1.54) is 27.1 Å². The summed E-state index contributed by atoms with van der Waals surface area (Å²) < 4.78 is 0. The average Bonchev–Trinajstić information content (AvgIpc) is 2.47. The van der Waals surface area contributed by atoms with E-state index in [1.54, 1.807) is 11.8 Å². The molecule has 92 valence electrons. The first-order chi connectivity index (χ1) is 9.34. The molecule has 1 heterocycles. The second kappa shape index (κ2) is 4.10. The molecule has 3 aromatic rings. The molecular formula is C17H12OS. The van der Waals surface area contributed by atoms with Crippen LogP contribution in [-0.4, -0.2) is 11.5 Å². The highest BCUT2D eigenvalue weighted by Gasteiger charge is 2.19. The molecule has 19 heavy (non-hydrogen) atoms. The predicted molar refractivity (Wildman–Crippen MR) is 81.9 cm³/mol. The van der Waals surface area contributed by atoms with Gasteiger partial charge in [-0.1, -0.05) is 48.5 Å². The first kappa shape index (κ1) is 11.1. The van der Waals surface area contributed by atoms with E-state index in [-0.39, 0.29) is 5.78 Å². The number of rotatable bonds is 0. The van der Waals surface area contributed by atoms with E-state index < -0.39 is 0 Å². The largest absolute Gasteiger partial charge is 0.293 e. The van der Waals surface area contributed by atoms with E-state index >= 15 is 0 Å². The Labute approximate surface area is 115 Å². The molecule has 0 aliphatic carbocycles. The molecule has 1 nitrogen and oxygen atoms in total. The van der Waals surface area contributed by atoms with Crippen molar-refractivity contribution in [2.45, 2.75) is 5.75 Å². The smallest absolute Gasteiger partial charge is 0.173 e. The Bertz CT molecular complexity index is 820. The van der Waals surface area contributed by atoms with Gasteiger partial charge < -0.3 is 0 Å².